The van der Waals surface area contributed by atoms with E-state index in [0.29, 0.717) is 21.5 Å². The van der Waals surface area contributed by atoms with E-state index in [4.69, 9.17) is 23.2 Å². The second kappa shape index (κ2) is 9.53. The third kappa shape index (κ3) is 4.81. The Labute approximate surface area is 209 Å². The number of aromatic nitrogens is 1. The van der Waals surface area contributed by atoms with Gasteiger partial charge in [0, 0.05) is 52.1 Å². The van der Waals surface area contributed by atoms with Crippen LogP contribution in [-0.2, 0) is 4.79 Å². The molecule has 34 heavy (non-hydrogen) atoms. The molecule has 0 saturated heterocycles. The zero-order valence-corrected chi connectivity index (χ0v) is 20.2. The van der Waals surface area contributed by atoms with Crippen molar-refractivity contribution in [1.29, 1.82) is 0 Å². The molecular formula is C27H24Cl2N4O. The highest BCUT2D eigenvalue weighted by Crippen LogP contribution is 2.40. The maximum Gasteiger partial charge on any atom is 0.164 e. The topological polar surface area (TPSA) is 48.5 Å². The molecule has 0 spiro atoms. The van der Waals surface area contributed by atoms with E-state index in [1.54, 1.807) is 19.3 Å². The van der Waals surface area contributed by atoms with Gasteiger partial charge in [-0.3, -0.25) is 20.2 Å². The van der Waals surface area contributed by atoms with Gasteiger partial charge in [0.2, 0.25) is 0 Å². The molecule has 0 amide bonds. The first kappa shape index (κ1) is 22.5. The van der Waals surface area contributed by atoms with Gasteiger partial charge >= 0.3 is 0 Å². The van der Waals surface area contributed by atoms with Crippen molar-refractivity contribution >= 4 is 46.1 Å². The molecule has 1 saturated carbocycles. The molecule has 2 heterocycles. The van der Waals surface area contributed by atoms with E-state index < -0.39 is 0 Å². The Bertz CT molecular complexity index is 1240. The zero-order valence-electron chi connectivity index (χ0n) is 18.7. The van der Waals surface area contributed by atoms with Crippen LogP contribution in [0.3, 0.4) is 0 Å². The molecule has 0 unspecified atom stereocenters. The van der Waals surface area contributed by atoms with Crippen molar-refractivity contribution in [2.24, 2.45) is 5.92 Å². The maximum absolute atomic E-state index is 13.2. The van der Waals surface area contributed by atoms with Gasteiger partial charge < -0.3 is 4.90 Å². The molecule has 2 aromatic carbocycles. The van der Waals surface area contributed by atoms with Gasteiger partial charge in [-0.05, 0) is 74.2 Å². The molecule has 172 valence electrons. The number of hydrogen-bond acceptors (Lipinski definition) is 5. The zero-order chi connectivity index (χ0) is 23.7. The van der Waals surface area contributed by atoms with Crippen molar-refractivity contribution in [3.8, 4) is 0 Å². The lowest BCUT2D eigenvalue weighted by atomic mass is 9.98. The van der Waals surface area contributed by atoms with Crippen molar-refractivity contribution in [1.82, 2.24) is 15.4 Å². The minimum Gasteiger partial charge on any atom is -0.308 e. The Kier molecular flexibility index (Phi) is 6.31. The summed E-state index contributed by atoms with van der Waals surface area (Å²) in [5.74, 6) is 0.572. The monoisotopic (exact) mass is 490 g/mol. The SMILES string of the molecule is CC(=O)C1=C(c2cccnc2)NN(CC2CC2)C=C1N(c1cccc(Cl)c1)c1cccc(Cl)c1. The van der Waals surface area contributed by atoms with E-state index in [1.165, 1.54) is 12.8 Å². The van der Waals surface area contributed by atoms with Crippen LogP contribution in [-0.4, -0.2) is 22.3 Å². The van der Waals surface area contributed by atoms with E-state index in [1.807, 2.05) is 71.8 Å². The smallest absolute Gasteiger partial charge is 0.164 e. The molecule has 1 aliphatic carbocycles. The summed E-state index contributed by atoms with van der Waals surface area (Å²) in [5.41, 5.74) is 8.03. The molecule has 0 bridgehead atoms. The second-order valence-electron chi connectivity index (χ2n) is 8.56. The average molecular weight is 491 g/mol. The number of Topliss-reactive ketones (excluding diaryl/α,β-unsaturated/α-hetero) is 1. The van der Waals surface area contributed by atoms with Crippen molar-refractivity contribution < 1.29 is 4.79 Å². The van der Waals surface area contributed by atoms with Crippen LogP contribution in [0.1, 0.15) is 25.3 Å². The summed E-state index contributed by atoms with van der Waals surface area (Å²) in [6.45, 7) is 2.43. The number of pyridine rings is 1. The summed E-state index contributed by atoms with van der Waals surface area (Å²) in [6, 6.07) is 19.0. The van der Waals surface area contributed by atoms with Gasteiger partial charge in [-0.15, -0.1) is 0 Å². The molecule has 2 aliphatic rings. The van der Waals surface area contributed by atoms with E-state index >= 15 is 0 Å². The summed E-state index contributed by atoms with van der Waals surface area (Å²) in [4.78, 5) is 19.5. The number of rotatable bonds is 7. The highest BCUT2D eigenvalue weighted by Gasteiger charge is 2.32. The van der Waals surface area contributed by atoms with Crippen LogP contribution in [0.5, 0.6) is 0 Å². The highest BCUT2D eigenvalue weighted by molar-refractivity contribution is 6.31. The van der Waals surface area contributed by atoms with Crippen molar-refractivity contribution in [3.05, 3.63) is 106 Å². The Morgan fingerprint density at radius 2 is 1.74 bits per heavy atom. The molecule has 5 nitrogen and oxygen atoms in total. The largest absolute Gasteiger partial charge is 0.308 e. The predicted octanol–water partition coefficient (Wildman–Crippen LogP) is 6.60. The summed E-state index contributed by atoms with van der Waals surface area (Å²) in [6.07, 6.45) is 7.92. The van der Waals surface area contributed by atoms with Gasteiger partial charge in [0.15, 0.2) is 5.78 Å². The number of anilines is 2. The van der Waals surface area contributed by atoms with Crippen LogP contribution in [0.15, 0.2) is 90.5 Å². The molecule has 0 atom stereocenters. The van der Waals surface area contributed by atoms with Gasteiger partial charge in [0.1, 0.15) is 0 Å². The number of benzene rings is 2. The molecule has 7 heteroatoms. The molecule has 1 aliphatic heterocycles. The lowest BCUT2D eigenvalue weighted by molar-refractivity contribution is -0.113. The average Bonchev–Trinajstić information content (AvgIpc) is 3.63. The Morgan fingerprint density at radius 1 is 1.06 bits per heavy atom. The minimum atomic E-state index is -0.0577. The molecule has 3 aromatic rings. The normalized spacial score (nSPS) is 15.6. The molecule has 1 N–H and O–H groups in total. The third-order valence-corrected chi connectivity index (χ3v) is 6.34. The van der Waals surface area contributed by atoms with Gasteiger partial charge in [-0.25, -0.2) is 0 Å². The molecular weight excluding hydrogens is 467 g/mol. The number of hydrogen-bond donors (Lipinski definition) is 1. The Hall–Kier alpha value is -3.28. The van der Waals surface area contributed by atoms with E-state index in [9.17, 15) is 4.79 Å². The lowest BCUT2D eigenvalue weighted by Crippen LogP contribution is -2.41. The van der Waals surface area contributed by atoms with Gasteiger partial charge in [-0.1, -0.05) is 35.3 Å². The van der Waals surface area contributed by atoms with Crippen LogP contribution >= 0.6 is 23.2 Å². The summed E-state index contributed by atoms with van der Waals surface area (Å²) in [5, 5.41) is 3.29. The minimum absolute atomic E-state index is 0.0577. The van der Waals surface area contributed by atoms with Crippen LogP contribution < -0.4 is 10.3 Å². The second-order valence-corrected chi connectivity index (χ2v) is 9.44. The summed E-state index contributed by atoms with van der Waals surface area (Å²) < 4.78 is 0. The number of carbonyl (C=O) groups excluding carboxylic acids is 1. The first-order valence-electron chi connectivity index (χ1n) is 11.2. The Morgan fingerprint density at radius 3 is 2.26 bits per heavy atom. The molecule has 5 rings (SSSR count). The van der Waals surface area contributed by atoms with Gasteiger partial charge in [0.05, 0.1) is 17.0 Å². The fourth-order valence-corrected chi connectivity index (χ4v) is 4.52. The van der Waals surface area contributed by atoms with Crippen molar-refractivity contribution in [2.75, 3.05) is 11.4 Å². The third-order valence-electron chi connectivity index (χ3n) is 5.87. The van der Waals surface area contributed by atoms with Crippen LogP contribution in [0.2, 0.25) is 10.0 Å². The molecule has 1 aromatic heterocycles. The number of ketones is 1. The number of carbonyl (C=O) groups is 1. The quantitative estimate of drug-likeness (QED) is 0.404. The number of nitrogens with zero attached hydrogens (tertiary/aromatic N) is 3. The standard InChI is InChI=1S/C27H24Cl2N4O/c1-18(34)26-25(17-32(16-19-10-11-19)31-27(26)20-5-4-12-30-15-20)33(23-8-2-6-21(28)13-23)24-9-3-7-22(29)14-24/h2-9,12-15,17,19,31H,10-11,16H2,1H3. The van der Waals surface area contributed by atoms with E-state index in [2.05, 4.69) is 15.4 Å². The number of halogens is 2. The number of nitrogens with one attached hydrogen (secondary N) is 1. The van der Waals surface area contributed by atoms with E-state index in [-0.39, 0.29) is 5.78 Å². The van der Waals surface area contributed by atoms with Crippen LogP contribution in [0, 0.1) is 5.92 Å². The molecule has 1 fully saturated rings. The van der Waals surface area contributed by atoms with Crippen molar-refractivity contribution in [3.63, 3.8) is 0 Å². The highest BCUT2D eigenvalue weighted by atomic mass is 35.5. The van der Waals surface area contributed by atoms with Gasteiger partial charge in [0.25, 0.3) is 0 Å². The first-order valence-corrected chi connectivity index (χ1v) is 12.0. The van der Waals surface area contributed by atoms with Crippen LogP contribution in [0.25, 0.3) is 5.70 Å². The summed E-state index contributed by atoms with van der Waals surface area (Å²) >= 11 is 12.8. The fourth-order valence-electron chi connectivity index (χ4n) is 4.15. The fraction of sp³-hybridized carbons (Fsp3) is 0.185. The maximum atomic E-state index is 13.2. The van der Waals surface area contributed by atoms with Crippen LogP contribution in [0.4, 0.5) is 11.4 Å². The lowest BCUT2D eigenvalue weighted by Gasteiger charge is -2.37. The van der Waals surface area contributed by atoms with E-state index in [0.717, 1.165) is 34.9 Å². The van der Waals surface area contributed by atoms with Crippen molar-refractivity contribution in [2.45, 2.75) is 19.8 Å². The predicted molar refractivity (Wildman–Crippen MR) is 138 cm³/mol. The summed E-state index contributed by atoms with van der Waals surface area (Å²) in [7, 11) is 0. The van der Waals surface area contributed by atoms with Gasteiger partial charge in [-0.2, -0.15) is 0 Å². The first-order chi connectivity index (χ1) is 16.5. The molecule has 0 radical (unpaired) electrons. The Balaban J connectivity index is 1.74. The number of allylic oxidation sites excluding steroid dienone is 1. The number of hydrazine groups is 1.